The number of primary amides is 1. The normalized spacial score (nSPS) is 27.8. The van der Waals surface area contributed by atoms with Crippen molar-refractivity contribution in [3.63, 3.8) is 0 Å². The van der Waals surface area contributed by atoms with Gasteiger partial charge < -0.3 is 5.73 Å². The summed E-state index contributed by atoms with van der Waals surface area (Å²) in [5.41, 5.74) is 5.11. The fourth-order valence-electron chi connectivity index (χ4n) is 0.965. The van der Waals surface area contributed by atoms with E-state index in [-0.39, 0.29) is 11.2 Å². The number of carbonyl (C=O) groups excluding carboxylic acids is 1. The molecule has 1 amide bonds. The number of hydrogen-bond donors (Lipinski definition) is 1. The number of thioether (sulfide) groups is 1. The van der Waals surface area contributed by atoms with E-state index >= 15 is 0 Å². The molecule has 2 N–H and O–H groups in total. The van der Waals surface area contributed by atoms with Crippen LogP contribution in [0.1, 0.15) is 19.3 Å². The second-order valence-corrected chi connectivity index (χ2v) is 3.57. The highest BCUT2D eigenvalue weighted by molar-refractivity contribution is 8.00. The maximum absolute atomic E-state index is 10.6. The summed E-state index contributed by atoms with van der Waals surface area (Å²) in [5.74, 6) is 0.966. The van der Waals surface area contributed by atoms with Crippen molar-refractivity contribution in [2.75, 3.05) is 5.75 Å². The molecule has 52 valence electrons. The molecule has 1 aliphatic heterocycles. The van der Waals surface area contributed by atoms with E-state index in [0.29, 0.717) is 0 Å². The van der Waals surface area contributed by atoms with Gasteiger partial charge in [-0.15, -0.1) is 11.8 Å². The first-order valence-electron chi connectivity index (χ1n) is 3.21. The molecule has 2 nitrogen and oxygen atoms in total. The van der Waals surface area contributed by atoms with Gasteiger partial charge in [-0.05, 0) is 18.6 Å². The van der Waals surface area contributed by atoms with Crippen molar-refractivity contribution < 1.29 is 4.79 Å². The molecule has 1 fully saturated rings. The summed E-state index contributed by atoms with van der Waals surface area (Å²) in [7, 11) is 0. The number of hydrogen-bond acceptors (Lipinski definition) is 2. The summed E-state index contributed by atoms with van der Waals surface area (Å²) in [6.45, 7) is 0. The van der Waals surface area contributed by atoms with E-state index in [0.717, 1.165) is 12.2 Å². The summed E-state index contributed by atoms with van der Waals surface area (Å²) in [5, 5.41) is 0.110. The minimum Gasteiger partial charge on any atom is -0.369 e. The molecule has 0 radical (unpaired) electrons. The summed E-state index contributed by atoms with van der Waals surface area (Å²) in [4.78, 5) is 10.6. The van der Waals surface area contributed by atoms with E-state index in [9.17, 15) is 4.79 Å². The van der Waals surface area contributed by atoms with E-state index in [4.69, 9.17) is 5.73 Å². The van der Waals surface area contributed by atoms with Gasteiger partial charge in [-0.25, -0.2) is 0 Å². The fourth-order valence-corrected chi connectivity index (χ4v) is 2.12. The second kappa shape index (κ2) is 3.11. The number of amides is 1. The average Bonchev–Trinajstić information content (AvgIpc) is 1.90. The molecule has 0 aromatic heterocycles. The first-order valence-corrected chi connectivity index (χ1v) is 4.26. The van der Waals surface area contributed by atoms with E-state index in [1.54, 1.807) is 11.8 Å². The Bertz CT molecular complexity index is 110. The molecule has 9 heavy (non-hydrogen) atoms. The zero-order valence-corrected chi connectivity index (χ0v) is 6.12. The van der Waals surface area contributed by atoms with Gasteiger partial charge in [0, 0.05) is 0 Å². The lowest BCUT2D eigenvalue weighted by molar-refractivity contribution is -0.117. The summed E-state index contributed by atoms with van der Waals surface area (Å²) < 4.78 is 0. The van der Waals surface area contributed by atoms with Gasteiger partial charge in [-0.3, -0.25) is 4.79 Å². The molecule has 0 aromatic rings. The maximum atomic E-state index is 10.6. The third kappa shape index (κ3) is 1.90. The van der Waals surface area contributed by atoms with Crippen LogP contribution in [0.5, 0.6) is 0 Å². The lowest BCUT2D eigenvalue weighted by Gasteiger charge is -2.17. The molecule has 0 spiro atoms. The Morgan fingerprint density at radius 3 is 2.67 bits per heavy atom. The quantitative estimate of drug-likeness (QED) is 0.592. The molecule has 1 rings (SSSR count). The van der Waals surface area contributed by atoms with Crippen molar-refractivity contribution in [2.24, 2.45) is 5.73 Å². The van der Waals surface area contributed by atoms with E-state index in [1.807, 2.05) is 0 Å². The SMILES string of the molecule is NC(=O)[C@@H]1CCCCS1. The van der Waals surface area contributed by atoms with Crippen molar-refractivity contribution in [2.45, 2.75) is 24.5 Å². The molecule has 0 unspecified atom stereocenters. The largest absolute Gasteiger partial charge is 0.369 e. The van der Waals surface area contributed by atoms with E-state index < -0.39 is 0 Å². The van der Waals surface area contributed by atoms with Crippen molar-refractivity contribution in [3.05, 3.63) is 0 Å². The van der Waals surface area contributed by atoms with Gasteiger partial charge in [0.15, 0.2) is 0 Å². The third-order valence-corrected chi connectivity index (χ3v) is 2.89. The van der Waals surface area contributed by atoms with E-state index in [2.05, 4.69) is 0 Å². The minimum absolute atomic E-state index is 0.110. The molecule has 0 saturated carbocycles. The zero-order valence-electron chi connectivity index (χ0n) is 5.30. The lowest BCUT2D eigenvalue weighted by Crippen LogP contribution is -2.27. The third-order valence-electron chi connectivity index (χ3n) is 1.50. The summed E-state index contributed by atoms with van der Waals surface area (Å²) in [6, 6.07) is 0. The topological polar surface area (TPSA) is 43.1 Å². The van der Waals surface area contributed by atoms with Crippen LogP contribution in [0.2, 0.25) is 0 Å². The van der Waals surface area contributed by atoms with Crippen LogP contribution >= 0.6 is 11.8 Å². The van der Waals surface area contributed by atoms with Crippen molar-refractivity contribution in [1.29, 1.82) is 0 Å². The van der Waals surface area contributed by atoms with Gasteiger partial charge in [0.1, 0.15) is 0 Å². The first-order chi connectivity index (χ1) is 4.30. The van der Waals surface area contributed by atoms with Crippen LogP contribution in [0, 0.1) is 0 Å². The Labute approximate surface area is 59.2 Å². The van der Waals surface area contributed by atoms with Crippen LogP contribution < -0.4 is 5.73 Å². The van der Waals surface area contributed by atoms with Crippen LogP contribution in [-0.2, 0) is 4.79 Å². The Hall–Kier alpha value is -0.180. The van der Waals surface area contributed by atoms with Gasteiger partial charge in [-0.2, -0.15) is 0 Å². The summed E-state index contributed by atoms with van der Waals surface area (Å²) >= 11 is 1.70. The highest BCUT2D eigenvalue weighted by Gasteiger charge is 2.18. The molecule has 0 aromatic carbocycles. The highest BCUT2D eigenvalue weighted by atomic mass is 32.2. The van der Waals surface area contributed by atoms with Gasteiger partial charge in [0.2, 0.25) is 5.91 Å². The van der Waals surface area contributed by atoms with Gasteiger partial charge in [-0.1, -0.05) is 6.42 Å². The van der Waals surface area contributed by atoms with Crippen molar-refractivity contribution in [1.82, 2.24) is 0 Å². The second-order valence-electron chi connectivity index (χ2n) is 2.26. The summed E-state index contributed by atoms with van der Waals surface area (Å²) in [6.07, 6.45) is 3.40. The highest BCUT2D eigenvalue weighted by Crippen LogP contribution is 2.24. The Balaban J connectivity index is 2.31. The smallest absolute Gasteiger partial charge is 0.230 e. The van der Waals surface area contributed by atoms with Crippen molar-refractivity contribution >= 4 is 17.7 Å². The monoisotopic (exact) mass is 145 g/mol. The molecular weight excluding hydrogens is 134 g/mol. The predicted molar refractivity (Wildman–Crippen MR) is 39.3 cm³/mol. The fraction of sp³-hybridized carbons (Fsp3) is 0.833. The van der Waals surface area contributed by atoms with Crippen LogP contribution in [-0.4, -0.2) is 16.9 Å². The van der Waals surface area contributed by atoms with Gasteiger partial charge in [0.05, 0.1) is 5.25 Å². The van der Waals surface area contributed by atoms with Crippen LogP contribution in [0.3, 0.4) is 0 Å². The number of nitrogens with two attached hydrogens (primary N) is 1. The molecule has 1 atom stereocenters. The predicted octanol–water partition coefficient (Wildman–Crippen LogP) is 0.757. The Morgan fingerprint density at radius 1 is 1.56 bits per heavy atom. The Morgan fingerprint density at radius 2 is 2.33 bits per heavy atom. The van der Waals surface area contributed by atoms with Gasteiger partial charge >= 0.3 is 0 Å². The van der Waals surface area contributed by atoms with Gasteiger partial charge in [0.25, 0.3) is 0 Å². The van der Waals surface area contributed by atoms with Crippen LogP contribution in [0.15, 0.2) is 0 Å². The first kappa shape index (κ1) is 6.93. The molecule has 0 aliphatic carbocycles. The average molecular weight is 145 g/mol. The lowest BCUT2D eigenvalue weighted by atomic mass is 10.2. The maximum Gasteiger partial charge on any atom is 0.230 e. The molecule has 0 bridgehead atoms. The minimum atomic E-state index is -0.139. The molecular formula is C6H11NOS. The molecule has 1 heterocycles. The number of rotatable bonds is 1. The molecule has 1 aliphatic rings. The molecule has 1 saturated heterocycles. The van der Waals surface area contributed by atoms with Crippen LogP contribution in [0.25, 0.3) is 0 Å². The number of carbonyl (C=O) groups is 1. The van der Waals surface area contributed by atoms with Crippen LogP contribution in [0.4, 0.5) is 0 Å². The van der Waals surface area contributed by atoms with E-state index in [1.165, 1.54) is 12.8 Å². The zero-order chi connectivity index (χ0) is 6.69. The Kier molecular flexibility index (Phi) is 2.39. The standard InChI is InChI=1S/C6H11NOS/c7-6(8)5-3-1-2-4-9-5/h5H,1-4H2,(H2,7,8)/t5-/m0/s1. The molecule has 3 heteroatoms. The van der Waals surface area contributed by atoms with Crippen molar-refractivity contribution in [3.8, 4) is 0 Å².